The Bertz CT molecular complexity index is 81.1. The van der Waals surface area contributed by atoms with Gasteiger partial charge in [0.25, 0.3) is 0 Å². The number of rotatable bonds is 3. The van der Waals surface area contributed by atoms with E-state index in [4.69, 9.17) is 9.57 Å². The Kier molecular flexibility index (Phi) is 2.45. The maximum Gasteiger partial charge on any atom is 0.166 e. The van der Waals surface area contributed by atoms with E-state index in [0.29, 0.717) is 6.79 Å². The van der Waals surface area contributed by atoms with Gasteiger partial charge in [-0.1, -0.05) is 6.92 Å². The summed E-state index contributed by atoms with van der Waals surface area (Å²) in [6.07, 6.45) is 0. The average molecular weight is 131 g/mol. The number of hydrogen-bond donors (Lipinski definition) is 0. The van der Waals surface area contributed by atoms with Crippen LogP contribution >= 0.6 is 0 Å². The molecule has 1 saturated heterocycles. The molecule has 0 bridgehead atoms. The third kappa shape index (κ3) is 1.93. The largest absolute Gasteiger partial charge is 0.357 e. The van der Waals surface area contributed by atoms with Crippen molar-refractivity contribution < 1.29 is 9.57 Å². The van der Waals surface area contributed by atoms with Crippen LogP contribution in [0, 0.1) is 5.92 Å². The summed E-state index contributed by atoms with van der Waals surface area (Å²) in [6.45, 7) is 4.67. The van der Waals surface area contributed by atoms with Crippen molar-refractivity contribution in [2.75, 3.05) is 27.0 Å². The summed E-state index contributed by atoms with van der Waals surface area (Å²) in [5.41, 5.74) is 0. The van der Waals surface area contributed by atoms with Crippen LogP contribution in [-0.4, -0.2) is 32.1 Å². The Morgan fingerprint density at radius 2 is 2.22 bits per heavy atom. The predicted molar refractivity (Wildman–Crippen MR) is 33.7 cm³/mol. The van der Waals surface area contributed by atoms with E-state index in [1.807, 2.05) is 5.06 Å². The third-order valence-corrected chi connectivity index (χ3v) is 1.38. The zero-order chi connectivity index (χ0) is 6.69. The van der Waals surface area contributed by atoms with Crippen LogP contribution in [-0.2, 0) is 9.57 Å². The van der Waals surface area contributed by atoms with E-state index in [1.165, 1.54) is 0 Å². The van der Waals surface area contributed by atoms with E-state index >= 15 is 0 Å². The second-order valence-electron chi connectivity index (χ2n) is 2.49. The van der Waals surface area contributed by atoms with Crippen LogP contribution in [0.4, 0.5) is 0 Å². The highest BCUT2D eigenvalue weighted by molar-refractivity contribution is 4.68. The van der Waals surface area contributed by atoms with E-state index in [1.54, 1.807) is 7.11 Å². The fourth-order valence-corrected chi connectivity index (χ4v) is 0.874. The highest BCUT2D eigenvalue weighted by Crippen LogP contribution is 2.13. The molecule has 1 aliphatic rings. The summed E-state index contributed by atoms with van der Waals surface area (Å²) < 4.78 is 4.72. The Balaban J connectivity index is 1.91. The molecule has 9 heavy (non-hydrogen) atoms. The number of hydroxylamine groups is 2. The quantitative estimate of drug-likeness (QED) is 0.520. The van der Waals surface area contributed by atoms with Crippen LogP contribution in [0.25, 0.3) is 0 Å². The predicted octanol–water partition coefficient (Wildman–Crippen LogP) is 0.474. The first-order valence-electron chi connectivity index (χ1n) is 3.19. The molecule has 0 radical (unpaired) electrons. The minimum absolute atomic E-state index is 0.382. The maximum atomic E-state index is 5.11. The van der Waals surface area contributed by atoms with Gasteiger partial charge in [-0.25, -0.2) is 0 Å². The maximum absolute atomic E-state index is 5.11. The minimum Gasteiger partial charge on any atom is -0.357 e. The monoisotopic (exact) mass is 131 g/mol. The second-order valence-corrected chi connectivity index (χ2v) is 2.49. The summed E-state index contributed by atoms with van der Waals surface area (Å²) in [7, 11) is 1.63. The molecule has 1 aliphatic heterocycles. The van der Waals surface area contributed by atoms with E-state index in [9.17, 15) is 0 Å². The van der Waals surface area contributed by atoms with Crippen molar-refractivity contribution in [3.63, 3.8) is 0 Å². The molecule has 0 amide bonds. The van der Waals surface area contributed by atoms with Crippen molar-refractivity contribution in [3.8, 4) is 0 Å². The van der Waals surface area contributed by atoms with Gasteiger partial charge in [0.1, 0.15) is 0 Å². The number of methoxy groups -OCH3 is 1. The number of ether oxygens (including phenoxy) is 1. The molecule has 0 spiro atoms. The fourth-order valence-electron chi connectivity index (χ4n) is 0.874. The first kappa shape index (κ1) is 6.99. The molecule has 0 unspecified atom stereocenters. The van der Waals surface area contributed by atoms with Gasteiger partial charge < -0.3 is 4.74 Å². The molecule has 0 atom stereocenters. The molecular weight excluding hydrogens is 118 g/mol. The Hall–Kier alpha value is -0.120. The molecule has 0 aromatic heterocycles. The van der Waals surface area contributed by atoms with E-state index in [0.717, 1.165) is 19.0 Å². The third-order valence-electron chi connectivity index (χ3n) is 1.38. The van der Waals surface area contributed by atoms with Gasteiger partial charge in [-0.2, -0.15) is 5.06 Å². The lowest BCUT2D eigenvalue weighted by Gasteiger charge is -2.35. The van der Waals surface area contributed by atoms with Crippen molar-refractivity contribution in [2.45, 2.75) is 6.92 Å². The normalized spacial score (nSPS) is 22.0. The van der Waals surface area contributed by atoms with E-state index in [2.05, 4.69) is 6.92 Å². The van der Waals surface area contributed by atoms with Gasteiger partial charge in [-0.05, 0) is 5.92 Å². The van der Waals surface area contributed by atoms with Gasteiger partial charge in [-0.15, -0.1) is 0 Å². The van der Waals surface area contributed by atoms with Crippen LogP contribution in [0.2, 0.25) is 0 Å². The fraction of sp³-hybridized carbons (Fsp3) is 1.00. The van der Waals surface area contributed by atoms with Crippen LogP contribution in [0.3, 0.4) is 0 Å². The zero-order valence-corrected chi connectivity index (χ0v) is 5.96. The Morgan fingerprint density at radius 3 is 2.67 bits per heavy atom. The lowest BCUT2D eigenvalue weighted by atomic mass is 10.1. The van der Waals surface area contributed by atoms with Gasteiger partial charge in [0.2, 0.25) is 0 Å². The van der Waals surface area contributed by atoms with Gasteiger partial charge in [0.15, 0.2) is 6.79 Å². The molecule has 3 nitrogen and oxygen atoms in total. The molecule has 0 aliphatic carbocycles. The number of nitrogens with zero attached hydrogens (tertiary/aromatic N) is 1. The smallest absolute Gasteiger partial charge is 0.166 e. The van der Waals surface area contributed by atoms with Crippen LogP contribution in [0.15, 0.2) is 0 Å². The zero-order valence-electron chi connectivity index (χ0n) is 5.96. The summed E-state index contributed by atoms with van der Waals surface area (Å²) in [4.78, 5) is 5.11. The minimum atomic E-state index is 0.382. The van der Waals surface area contributed by atoms with E-state index in [-0.39, 0.29) is 0 Å². The summed E-state index contributed by atoms with van der Waals surface area (Å²) in [6, 6.07) is 0. The van der Waals surface area contributed by atoms with Crippen molar-refractivity contribution in [1.29, 1.82) is 0 Å². The molecule has 0 aromatic rings. The molecule has 1 rings (SSSR count). The van der Waals surface area contributed by atoms with E-state index < -0.39 is 0 Å². The van der Waals surface area contributed by atoms with Crippen LogP contribution < -0.4 is 0 Å². The molecule has 0 saturated carbocycles. The molecule has 0 N–H and O–H groups in total. The second kappa shape index (κ2) is 3.15. The van der Waals surface area contributed by atoms with Crippen LogP contribution in [0.5, 0.6) is 0 Å². The lowest BCUT2D eigenvalue weighted by molar-refractivity contribution is -0.260. The van der Waals surface area contributed by atoms with Gasteiger partial charge >= 0.3 is 0 Å². The standard InChI is InChI=1S/C6H13NO2/c1-6-3-7(4-6)9-5-8-2/h6H,3-5H2,1-2H3. The summed E-state index contributed by atoms with van der Waals surface area (Å²) >= 11 is 0. The SMILES string of the molecule is COCON1CC(C)C1. The molecule has 54 valence electrons. The molecule has 1 heterocycles. The van der Waals surface area contributed by atoms with Crippen molar-refractivity contribution in [1.82, 2.24) is 5.06 Å². The van der Waals surface area contributed by atoms with Gasteiger partial charge in [0, 0.05) is 20.2 Å². The molecule has 1 fully saturated rings. The van der Waals surface area contributed by atoms with Crippen molar-refractivity contribution in [3.05, 3.63) is 0 Å². The van der Waals surface area contributed by atoms with Gasteiger partial charge in [-0.3, -0.25) is 4.84 Å². The molecular formula is C6H13NO2. The Labute approximate surface area is 55.5 Å². The topological polar surface area (TPSA) is 21.7 Å². The summed E-state index contributed by atoms with van der Waals surface area (Å²) in [5.74, 6) is 0.793. The highest BCUT2D eigenvalue weighted by Gasteiger charge is 2.22. The Morgan fingerprint density at radius 1 is 1.56 bits per heavy atom. The number of hydrogen-bond acceptors (Lipinski definition) is 3. The average Bonchev–Trinajstić information content (AvgIpc) is 1.78. The van der Waals surface area contributed by atoms with Crippen LogP contribution in [0.1, 0.15) is 6.92 Å². The first-order chi connectivity index (χ1) is 4.33. The molecule has 0 aromatic carbocycles. The van der Waals surface area contributed by atoms with Crippen molar-refractivity contribution in [2.24, 2.45) is 5.92 Å². The lowest BCUT2D eigenvalue weighted by Crippen LogP contribution is -2.45. The first-order valence-corrected chi connectivity index (χ1v) is 3.19. The highest BCUT2D eigenvalue weighted by atomic mass is 16.8. The van der Waals surface area contributed by atoms with Gasteiger partial charge in [0.05, 0.1) is 0 Å². The molecule has 3 heteroatoms. The summed E-state index contributed by atoms with van der Waals surface area (Å²) in [5, 5.41) is 1.91. The van der Waals surface area contributed by atoms with Crippen molar-refractivity contribution >= 4 is 0 Å².